The Hall–Kier alpha value is -2.99. The third kappa shape index (κ3) is 11.4. The summed E-state index contributed by atoms with van der Waals surface area (Å²) in [7, 11) is 1.76. The fourth-order valence-corrected chi connectivity index (χ4v) is 2.75. The van der Waals surface area contributed by atoms with Crippen LogP contribution < -0.4 is 16.2 Å². The molecule has 6 nitrogen and oxygen atoms in total. The lowest BCUT2D eigenvalue weighted by atomic mass is 10.1. The first-order valence-corrected chi connectivity index (χ1v) is 11.3. The minimum absolute atomic E-state index is 0.204. The molecule has 178 valence electrons. The van der Waals surface area contributed by atoms with Gasteiger partial charge in [0.05, 0.1) is 5.70 Å². The summed E-state index contributed by atoms with van der Waals surface area (Å²) in [6.07, 6.45) is 7.28. The summed E-state index contributed by atoms with van der Waals surface area (Å²) in [5.41, 5.74) is 10.1. The van der Waals surface area contributed by atoms with E-state index in [1.165, 1.54) is 0 Å². The molecule has 6 heteroatoms. The molecule has 0 saturated carbocycles. The molecule has 1 rings (SSSR count). The number of benzene rings is 1. The van der Waals surface area contributed by atoms with Gasteiger partial charge in [0.25, 0.3) is 0 Å². The molecule has 0 heterocycles. The molecule has 1 aromatic rings. The van der Waals surface area contributed by atoms with Gasteiger partial charge in [-0.2, -0.15) is 0 Å². The Morgan fingerprint density at radius 2 is 1.72 bits per heavy atom. The average molecular weight is 444 g/mol. The van der Waals surface area contributed by atoms with Crippen LogP contribution in [0.25, 0.3) is 0 Å². The predicted molar refractivity (Wildman–Crippen MR) is 134 cm³/mol. The molecule has 1 amide bonds. The molecule has 0 aliphatic heterocycles. The van der Waals surface area contributed by atoms with E-state index in [9.17, 15) is 9.90 Å². The second-order valence-corrected chi connectivity index (χ2v) is 6.86. The van der Waals surface area contributed by atoms with E-state index in [1.54, 1.807) is 13.1 Å². The van der Waals surface area contributed by atoms with E-state index in [0.29, 0.717) is 12.1 Å². The molecule has 0 aliphatic rings. The molecule has 0 fully saturated rings. The average Bonchev–Trinajstić information content (AvgIpc) is 2.81. The Morgan fingerprint density at radius 3 is 2.28 bits per heavy atom. The Bertz CT molecular complexity index is 794. The first-order chi connectivity index (χ1) is 15.4. The number of aliphatic hydroxyl groups is 1. The van der Waals surface area contributed by atoms with E-state index in [0.717, 1.165) is 35.2 Å². The molecule has 0 saturated heterocycles. The summed E-state index contributed by atoms with van der Waals surface area (Å²) in [5.74, 6) is 0.215. The standard InChI is InChI=1S/C24H35N3O3.C2H6/c1-6-11-18(3)22(28)16-15-19(4)23(27-25-5)21(12-7-2)26-24(29)30-17-20-13-9-8-10-14-20;1-2/h8-11,13-16,25,27-28H,6-7,12,17H2,1-5H3,(H,26,29);1-2H3/b18-11+,19-15+,22-16+,23-21+;. The third-order valence-corrected chi connectivity index (χ3v) is 4.32. The number of amides is 1. The minimum Gasteiger partial charge on any atom is -0.508 e. The zero-order valence-corrected chi connectivity index (χ0v) is 20.7. The number of carbonyl (C=O) groups is 1. The largest absolute Gasteiger partial charge is 0.508 e. The van der Waals surface area contributed by atoms with Crippen LogP contribution in [0.1, 0.15) is 66.4 Å². The number of hydrogen-bond acceptors (Lipinski definition) is 5. The predicted octanol–water partition coefficient (Wildman–Crippen LogP) is 6.42. The monoisotopic (exact) mass is 443 g/mol. The van der Waals surface area contributed by atoms with Crippen molar-refractivity contribution in [3.05, 3.63) is 82.4 Å². The van der Waals surface area contributed by atoms with Gasteiger partial charge in [0.1, 0.15) is 12.4 Å². The van der Waals surface area contributed by atoms with Crippen LogP contribution in [0.5, 0.6) is 0 Å². The fourth-order valence-electron chi connectivity index (χ4n) is 2.75. The molecule has 0 aromatic heterocycles. The van der Waals surface area contributed by atoms with Gasteiger partial charge in [0.15, 0.2) is 0 Å². The van der Waals surface area contributed by atoms with Crippen LogP contribution >= 0.6 is 0 Å². The lowest BCUT2D eigenvalue weighted by molar-refractivity contribution is 0.142. The topological polar surface area (TPSA) is 82.6 Å². The Labute approximate surface area is 194 Å². The molecule has 0 spiro atoms. The Balaban J connectivity index is 0.00000466. The van der Waals surface area contributed by atoms with Gasteiger partial charge in [-0.15, -0.1) is 0 Å². The van der Waals surface area contributed by atoms with Gasteiger partial charge >= 0.3 is 6.09 Å². The number of rotatable bonds is 11. The number of aliphatic hydroxyl groups excluding tert-OH is 1. The molecule has 0 atom stereocenters. The van der Waals surface area contributed by atoms with Crippen LogP contribution in [-0.4, -0.2) is 18.2 Å². The zero-order chi connectivity index (χ0) is 24.4. The van der Waals surface area contributed by atoms with Crippen molar-refractivity contribution in [1.82, 2.24) is 16.2 Å². The van der Waals surface area contributed by atoms with E-state index in [2.05, 4.69) is 16.2 Å². The molecular formula is C26H41N3O3. The van der Waals surface area contributed by atoms with Crippen molar-refractivity contribution in [2.24, 2.45) is 0 Å². The quantitative estimate of drug-likeness (QED) is 0.180. The van der Waals surface area contributed by atoms with Crippen LogP contribution in [0.2, 0.25) is 0 Å². The summed E-state index contributed by atoms with van der Waals surface area (Å²) in [6, 6.07) is 9.54. The highest BCUT2D eigenvalue weighted by atomic mass is 16.5. The number of hydrogen-bond donors (Lipinski definition) is 4. The lowest BCUT2D eigenvalue weighted by Crippen LogP contribution is -2.33. The maximum Gasteiger partial charge on any atom is 0.411 e. The number of alkyl carbamates (subject to hydrolysis) is 1. The van der Waals surface area contributed by atoms with Crippen molar-refractivity contribution in [2.75, 3.05) is 7.05 Å². The van der Waals surface area contributed by atoms with Gasteiger partial charge in [-0.1, -0.05) is 76.6 Å². The second-order valence-electron chi connectivity index (χ2n) is 6.86. The van der Waals surface area contributed by atoms with Gasteiger partial charge in [0.2, 0.25) is 0 Å². The lowest BCUT2D eigenvalue weighted by Gasteiger charge is -2.18. The van der Waals surface area contributed by atoms with E-state index in [4.69, 9.17) is 4.74 Å². The summed E-state index contributed by atoms with van der Waals surface area (Å²) in [6.45, 7) is 12.0. The van der Waals surface area contributed by atoms with Gasteiger partial charge in [-0.25, -0.2) is 10.2 Å². The third-order valence-electron chi connectivity index (χ3n) is 4.32. The second kappa shape index (κ2) is 17.7. The molecule has 0 radical (unpaired) electrons. The van der Waals surface area contributed by atoms with Crippen molar-refractivity contribution in [3.8, 4) is 0 Å². The van der Waals surface area contributed by atoms with E-state index in [-0.39, 0.29) is 12.4 Å². The molecule has 0 bridgehead atoms. The van der Waals surface area contributed by atoms with Crippen molar-refractivity contribution >= 4 is 6.09 Å². The maximum atomic E-state index is 12.4. The Morgan fingerprint density at radius 1 is 1.06 bits per heavy atom. The van der Waals surface area contributed by atoms with Crippen LogP contribution in [-0.2, 0) is 11.3 Å². The molecule has 32 heavy (non-hydrogen) atoms. The minimum atomic E-state index is -0.509. The van der Waals surface area contributed by atoms with Crippen molar-refractivity contribution in [1.29, 1.82) is 0 Å². The van der Waals surface area contributed by atoms with Crippen LogP contribution in [0.4, 0.5) is 4.79 Å². The van der Waals surface area contributed by atoms with E-state index in [1.807, 2.05) is 84.0 Å². The number of ether oxygens (including phenoxy) is 1. The van der Waals surface area contributed by atoms with Crippen LogP contribution in [0.15, 0.2) is 76.9 Å². The molecule has 0 aliphatic carbocycles. The summed E-state index contributed by atoms with van der Waals surface area (Å²) in [5, 5.41) is 13.0. The highest BCUT2D eigenvalue weighted by Crippen LogP contribution is 2.16. The van der Waals surface area contributed by atoms with Crippen LogP contribution in [0, 0.1) is 0 Å². The van der Waals surface area contributed by atoms with Gasteiger partial charge in [-0.05, 0) is 49.5 Å². The van der Waals surface area contributed by atoms with Crippen molar-refractivity contribution in [2.45, 2.75) is 67.4 Å². The Kier molecular flexibility index (Phi) is 16.0. The number of hydrazine groups is 1. The van der Waals surface area contributed by atoms with Gasteiger partial charge in [0, 0.05) is 12.7 Å². The zero-order valence-electron chi connectivity index (χ0n) is 20.7. The molecule has 0 unspecified atom stereocenters. The first kappa shape index (κ1) is 29.0. The van der Waals surface area contributed by atoms with Gasteiger partial charge < -0.3 is 15.3 Å². The normalized spacial score (nSPS) is 12.9. The highest BCUT2D eigenvalue weighted by Gasteiger charge is 2.12. The maximum absolute atomic E-state index is 12.4. The highest BCUT2D eigenvalue weighted by molar-refractivity contribution is 5.70. The number of nitrogens with one attached hydrogen (secondary N) is 3. The SMILES string of the molecule is CC.CC/C=C(C)/C(O)=C\C=C(C)\C(NNC)=C(\CCC)NC(=O)OCc1ccccc1. The molecule has 4 N–H and O–H groups in total. The number of allylic oxidation sites excluding steroid dienone is 6. The fraction of sp³-hybridized carbons (Fsp3) is 0.423. The van der Waals surface area contributed by atoms with E-state index < -0.39 is 6.09 Å². The smallest absolute Gasteiger partial charge is 0.411 e. The van der Waals surface area contributed by atoms with Crippen LogP contribution in [0.3, 0.4) is 0 Å². The van der Waals surface area contributed by atoms with E-state index >= 15 is 0 Å². The van der Waals surface area contributed by atoms with Gasteiger partial charge in [-0.3, -0.25) is 5.32 Å². The summed E-state index contributed by atoms with van der Waals surface area (Å²) in [4.78, 5) is 12.4. The number of carbonyl (C=O) groups excluding carboxylic acids is 1. The summed E-state index contributed by atoms with van der Waals surface area (Å²) >= 11 is 0. The van der Waals surface area contributed by atoms with Crippen molar-refractivity contribution in [3.63, 3.8) is 0 Å². The first-order valence-electron chi connectivity index (χ1n) is 11.3. The van der Waals surface area contributed by atoms with Crippen molar-refractivity contribution < 1.29 is 14.6 Å². The summed E-state index contributed by atoms with van der Waals surface area (Å²) < 4.78 is 5.36. The molecular weight excluding hydrogens is 402 g/mol. The molecule has 1 aromatic carbocycles.